The minimum Gasteiger partial charge on any atom is -0.481 e. The van der Waals surface area contributed by atoms with Crippen molar-refractivity contribution < 1.29 is 9.53 Å². The molecule has 2 N–H and O–H groups in total. The summed E-state index contributed by atoms with van der Waals surface area (Å²) < 4.78 is 5.24. The predicted molar refractivity (Wildman–Crippen MR) is 131 cm³/mol. The monoisotopic (exact) mass is 453 g/mol. The van der Waals surface area contributed by atoms with E-state index in [0.717, 1.165) is 55.9 Å². The van der Waals surface area contributed by atoms with Crippen LogP contribution in [0.4, 0.5) is 0 Å². The lowest BCUT2D eigenvalue weighted by atomic mass is 9.69. The molecule has 180 valence electrons. The molecule has 7 heteroatoms. The van der Waals surface area contributed by atoms with Crippen molar-refractivity contribution in [1.82, 2.24) is 25.2 Å². The van der Waals surface area contributed by atoms with Crippen LogP contribution in [0.3, 0.4) is 0 Å². The summed E-state index contributed by atoms with van der Waals surface area (Å²) in [4.78, 5) is 26.2. The van der Waals surface area contributed by atoms with E-state index < -0.39 is 0 Å². The molecule has 0 radical (unpaired) electrons. The number of imidazole rings is 1. The molecule has 0 spiro atoms. The first-order valence-corrected chi connectivity index (χ1v) is 12.4. The van der Waals surface area contributed by atoms with Crippen molar-refractivity contribution >= 4 is 17.1 Å². The second kappa shape index (κ2) is 10.2. The smallest absolute Gasteiger partial charge is 0.219 e. The Morgan fingerprint density at radius 2 is 2.03 bits per heavy atom. The van der Waals surface area contributed by atoms with Crippen LogP contribution in [0.2, 0.25) is 0 Å². The van der Waals surface area contributed by atoms with Gasteiger partial charge in [0.25, 0.3) is 0 Å². The van der Waals surface area contributed by atoms with Crippen molar-refractivity contribution in [2.24, 2.45) is 23.7 Å². The van der Waals surface area contributed by atoms with Crippen molar-refractivity contribution in [2.75, 3.05) is 26.7 Å². The number of fused-ring (bicyclic) bond motifs is 1. The molecule has 0 saturated carbocycles. The van der Waals surface area contributed by atoms with Crippen LogP contribution in [-0.4, -0.2) is 58.5 Å². The fourth-order valence-electron chi connectivity index (χ4n) is 5.58. The third-order valence-electron chi connectivity index (χ3n) is 7.68. The second-order valence-corrected chi connectivity index (χ2v) is 10.2. The van der Waals surface area contributed by atoms with Gasteiger partial charge in [-0.25, -0.2) is 4.98 Å². The number of carbonyl (C=O) groups excluding carboxylic acids is 1. The maximum atomic E-state index is 11.6. The van der Waals surface area contributed by atoms with Gasteiger partial charge in [0.1, 0.15) is 5.82 Å². The van der Waals surface area contributed by atoms with Crippen LogP contribution in [0.1, 0.15) is 52.8 Å². The summed E-state index contributed by atoms with van der Waals surface area (Å²) in [6.07, 6.45) is 6.71. The van der Waals surface area contributed by atoms with E-state index >= 15 is 0 Å². The van der Waals surface area contributed by atoms with E-state index in [1.54, 1.807) is 14.0 Å². The average molecular weight is 454 g/mol. The molecule has 1 fully saturated rings. The number of nitrogens with zero attached hydrogens (tertiary/aromatic N) is 3. The first-order chi connectivity index (χ1) is 15.8. The Hall–Kier alpha value is -2.41. The number of carbonyl (C=O) groups is 1. The highest BCUT2D eigenvalue weighted by molar-refractivity contribution is 5.73. The topological polar surface area (TPSA) is 83.1 Å². The quantitative estimate of drug-likeness (QED) is 0.620. The van der Waals surface area contributed by atoms with E-state index in [1.165, 1.54) is 12.0 Å². The van der Waals surface area contributed by atoms with Crippen LogP contribution in [-0.2, 0) is 11.2 Å². The Labute approximate surface area is 197 Å². The number of methoxy groups -OCH3 is 1. The Morgan fingerprint density at radius 3 is 2.70 bits per heavy atom. The number of aromatic amines is 1. The molecular weight excluding hydrogens is 414 g/mol. The number of rotatable bonds is 7. The van der Waals surface area contributed by atoms with E-state index in [1.807, 2.05) is 17.0 Å². The molecule has 0 aromatic carbocycles. The van der Waals surface area contributed by atoms with Gasteiger partial charge in [-0.15, -0.1) is 0 Å². The summed E-state index contributed by atoms with van der Waals surface area (Å²) in [5.74, 6) is 4.11. The fourth-order valence-corrected chi connectivity index (χ4v) is 5.58. The molecule has 1 saturated heterocycles. The van der Waals surface area contributed by atoms with Gasteiger partial charge >= 0.3 is 0 Å². The summed E-state index contributed by atoms with van der Waals surface area (Å²) in [5, 5.41) is 3.83. The van der Waals surface area contributed by atoms with Crippen molar-refractivity contribution in [1.29, 1.82) is 0 Å². The maximum Gasteiger partial charge on any atom is 0.219 e. The summed E-state index contributed by atoms with van der Waals surface area (Å²) in [6, 6.07) is 4.37. The van der Waals surface area contributed by atoms with Crippen LogP contribution in [0.25, 0.3) is 11.2 Å². The third-order valence-corrected chi connectivity index (χ3v) is 7.68. The molecule has 1 aliphatic heterocycles. The van der Waals surface area contributed by atoms with Crippen molar-refractivity contribution in [3.05, 3.63) is 29.6 Å². The van der Waals surface area contributed by atoms with Crippen LogP contribution < -0.4 is 10.1 Å². The van der Waals surface area contributed by atoms with E-state index in [4.69, 9.17) is 9.72 Å². The van der Waals surface area contributed by atoms with Crippen LogP contribution in [0, 0.1) is 23.7 Å². The first kappa shape index (κ1) is 23.7. The molecule has 1 aliphatic carbocycles. The number of nitrogens with one attached hydrogen (secondary N) is 2. The highest BCUT2D eigenvalue weighted by atomic mass is 16.5. The molecule has 2 aromatic heterocycles. The zero-order valence-corrected chi connectivity index (χ0v) is 20.7. The van der Waals surface area contributed by atoms with Crippen molar-refractivity contribution in [3.8, 4) is 5.88 Å². The van der Waals surface area contributed by atoms with E-state index in [0.29, 0.717) is 35.6 Å². The van der Waals surface area contributed by atoms with Gasteiger partial charge in [-0.05, 0) is 55.9 Å². The Balaban J connectivity index is 1.40. The van der Waals surface area contributed by atoms with Gasteiger partial charge < -0.3 is 19.9 Å². The van der Waals surface area contributed by atoms with Gasteiger partial charge in [0.05, 0.1) is 12.6 Å². The standard InChI is InChI=1S/C26H39N5O2/c1-16(2)22-13-19(14-24-28-23-6-7-25(33-5)30-26(23)29-24)17(3)12-20(22)15-27-21-8-10-31(11-9-21)18(4)32/h6-7,12,16,19-22,27H,8-11,13-15H2,1-5H3,(H,28,29,30)/t19-,20-,22-/m0/s1. The molecule has 0 bridgehead atoms. The minimum absolute atomic E-state index is 0.199. The second-order valence-electron chi connectivity index (χ2n) is 10.2. The van der Waals surface area contributed by atoms with Gasteiger partial charge in [0.2, 0.25) is 11.8 Å². The van der Waals surface area contributed by atoms with Gasteiger partial charge in [-0.2, -0.15) is 4.98 Å². The van der Waals surface area contributed by atoms with E-state index in [-0.39, 0.29) is 5.91 Å². The number of likely N-dealkylation sites (tertiary alicyclic amines) is 1. The molecule has 7 nitrogen and oxygen atoms in total. The highest BCUT2D eigenvalue weighted by Gasteiger charge is 2.32. The lowest BCUT2D eigenvalue weighted by Crippen LogP contribution is -2.46. The largest absolute Gasteiger partial charge is 0.481 e. The number of amides is 1. The zero-order valence-electron chi connectivity index (χ0n) is 20.7. The molecule has 2 aromatic rings. The SMILES string of the molecule is COc1ccc2[nH]c(C[C@@H]3C[C@@H](C(C)C)[C@H](CNC4CCN(C(C)=O)CC4)C=C3C)nc2n1. The summed E-state index contributed by atoms with van der Waals surface area (Å²) in [6.45, 7) is 11.4. The lowest BCUT2D eigenvalue weighted by molar-refractivity contribution is -0.129. The predicted octanol–water partition coefficient (Wildman–Crippen LogP) is 3.96. The molecule has 3 atom stereocenters. The molecular formula is C26H39N5O2. The van der Waals surface area contributed by atoms with Crippen LogP contribution in [0.5, 0.6) is 5.88 Å². The van der Waals surface area contributed by atoms with Gasteiger partial charge in [-0.1, -0.05) is 25.5 Å². The highest BCUT2D eigenvalue weighted by Crippen LogP contribution is 2.38. The van der Waals surface area contributed by atoms with Crippen LogP contribution in [0.15, 0.2) is 23.8 Å². The molecule has 4 rings (SSSR count). The minimum atomic E-state index is 0.199. The number of hydrogen-bond donors (Lipinski definition) is 2. The number of aromatic nitrogens is 3. The van der Waals surface area contributed by atoms with Crippen LogP contribution >= 0.6 is 0 Å². The summed E-state index contributed by atoms with van der Waals surface area (Å²) in [7, 11) is 1.63. The number of hydrogen-bond acceptors (Lipinski definition) is 5. The maximum absolute atomic E-state index is 11.6. The Bertz CT molecular complexity index is 990. The molecule has 1 amide bonds. The normalized spacial score (nSPS) is 24.4. The van der Waals surface area contributed by atoms with Crippen molar-refractivity contribution in [2.45, 2.75) is 59.4 Å². The number of pyridine rings is 1. The van der Waals surface area contributed by atoms with E-state index in [2.05, 4.69) is 42.1 Å². The lowest BCUT2D eigenvalue weighted by Gasteiger charge is -2.39. The Morgan fingerprint density at radius 1 is 1.27 bits per heavy atom. The fraction of sp³-hybridized carbons (Fsp3) is 0.654. The molecule has 0 unspecified atom stereocenters. The number of piperidine rings is 1. The summed E-state index contributed by atoms with van der Waals surface area (Å²) in [5.41, 5.74) is 3.15. The number of ether oxygens (including phenoxy) is 1. The third kappa shape index (κ3) is 5.57. The van der Waals surface area contributed by atoms with Gasteiger partial charge in [-0.3, -0.25) is 4.79 Å². The molecule has 2 aliphatic rings. The number of allylic oxidation sites excluding steroid dienone is 1. The van der Waals surface area contributed by atoms with Gasteiger partial charge in [0, 0.05) is 45.1 Å². The average Bonchev–Trinajstić information content (AvgIpc) is 3.20. The van der Waals surface area contributed by atoms with E-state index in [9.17, 15) is 4.79 Å². The summed E-state index contributed by atoms with van der Waals surface area (Å²) >= 11 is 0. The zero-order chi connectivity index (χ0) is 23.5. The molecule has 3 heterocycles. The number of H-pyrrole nitrogens is 1. The Kier molecular flexibility index (Phi) is 7.37. The first-order valence-electron chi connectivity index (χ1n) is 12.4. The van der Waals surface area contributed by atoms with Gasteiger partial charge in [0.15, 0.2) is 5.65 Å². The van der Waals surface area contributed by atoms with Crippen molar-refractivity contribution in [3.63, 3.8) is 0 Å². The molecule has 33 heavy (non-hydrogen) atoms.